The van der Waals surface area contributed by atoms with Crippen molar-refractivity contribution in [3.63, 3.8) is 0 Å². The van der Waals surface area contributed by atoms with Crippen LogP contribution in [0.5, 0.6) is 0 Å². The van der Waals surface area contributed by atoms with Gasteiger partial charge < -0.3 is 15.0 Å². The summed E-state index contributed by atoms with van der Waals surface area (Å²) in [6, 6.07) is 0. The molecule has 1 amide bonds. The summed E-state index contributed by atoms with van der Waals surface area (Å²) in [5.74, 6) is 0.530. The Morgan fingerprint density at radius 1 is 1.30 bits per heavy atom. The molecule has 1 atom stereocenters. The van der Waals surface area contributed by atoms with Gasteiger partial charge >= 0.3 is 6.09 Å². The first-order valence-electron chi connectivity index (χ1n) is 7.86. The van der Waals surface area contributed by atoms with Crippen molar-refractivity contribution >= 4 is 6.09 Å². The second-order valence-electron chi connectivity index (χ2n) is 7.55. The Bertz CT molecular complexity index is 321. The molecule has 0 saturated carbocycles. The minimum absolute atomic E-state index is 0.169. The molecule has 1 N–H and O–H groups in total. The number of likely N-dealkylation sites (tertiary alicyclic amines) is 1. The van der Waals surface area contributed by atoms with Crippen LogP contribution in [0, 0.1) is 5.92 Å². The summed E-state index contributed by atoms with van der Waals surface area (Å²) in [4.78, 5) is 14.0. The highest BCUT2D eigenvalue weighted by Gasteiger charge is 2.28. The highest BCUT2D eigenvalue weighted by atomic mass is 16.6. The molecule has 0 bridgehead atoms. The molecule has 0 aromatic heterocycles. The van der Waals surface area contributed by atoms with Crippen molar-refractivity contribution in [2.75, 3.05) is 19.6 Å². The third kappa shape index (κ3) is 6.12. The van der Waals surface area contributed by atoms with E-state index in [-0.39, 0.29) is 11.6 Å². The zero-order valence-corrected chi connectivity index (χ0v) is 14.1. The van der Waals surface area contributed by atoms with Crippen molar-refractivity contribution in [1.82, 2.24) is 10.2 Å². The average Bonchev–Trinajstić information content (AvgIpc) is 2.35. The number of hydrogen-bond acceptors (Lipinski definition) is 3. The van der Waals surface area contributed by atoms with E-state index in [0.717, 1.165) is 32.5 Å². The molecule has 0 aromatic rings. The Labute approximate surface area is 124 Å². The van der Waals surface area contributed by atoms with Gasteiger partial charge in [0.1, 0.15) is 5.60 Å². The fraction of sp³-hybridized carbons (Fsp3) is 0.938. The molecule has 1 heterocycles. The molecule has 4 nitrogen and oxygen atoms in total. The zero-order valence-electron chi connectivity index (χ0n) is 14.1. The Kier molecular flexibility index (Phi) is 5.87. The fourth-order valence-corrected chi connectivity index (χ4v) is 2.27. The maximum Gasteiger partial charge on any atom is 0.410 e. The van der Waals surface area contributed by atoms with Crippen molar-refractivity contribution in [2.45, 2.75) is 71.9 Å². The maximum atomic E-state index is 12.1. The van der Waals surface area contributed by atoms with Crippen LogP contribution in [0.2, 0.25) is 0 Å². The van der Waals surface area contributed by atoms with Gasteiger partial charge in [-0.25, -0.2) is 4.79 Å². The summed E-state index contributed by atoms with van der Waals surface area (Å²) >= 11 is 0. The molecule has 0 aromatic carbocycles. The van der Waals surface area contributed by atoms with E-state index in [1.165, 1.54) is 6.42 Å². The smallest absolute Gasteiger partial charge is 0.410 e. The van der Waals surface area contributed by atoms with Crippen LogP contribution in [0.4, 0.5) is 4.79 Å². The molecule has 1 fully saturated rings. The lowest BCUT2D eigenvalue weighted by Gasteiger charge is -2.36. The van der Waals surface area contributed by atoms with E-state index in [9.17, 15) is 4.79 Å². The van der Waals surface area contributed by atoms with Crippen molar-refractivity contribution in [3.05, 3.63) is 0 Å². The van der Waals surface area contributed by atoms with Crippen LogP contribution in [0.15, 0.2) is 0 Å². The number of rotatable bonds is 4. The van der Waals surface area contributed by atoms with E-state index in [1.807, 2.05) is 25.7 Å². The number of ether oxygens (including phenoxy) is 1. The van der Waals surface area contributed by atoms with Crippen LogP contribution in [0.1, 0.15) is 60.8 Å². The molecule has 1 rings (SSSR count). The van der Waals surface area contributed by atoms with Gasteiger partial charge in [0.05, 0.1) is 0 Å². The van der Waals surface area contributed by atoms with Crippen molar-refractivity contribution in [3.8, 4) is 0 Å². The van der Waals surface area contributed by atoms with Gasteiger partial charge in [-0.05, 0) is 59.8 Å². The maximum absolute atomic E-state index is 12.1. The Balaban J connectivity index is 2.44. The van der Waals surface area contributed by atoms with Gasteiger partial charge in [0.25, 0.3) is 0 Å². The van der Waals surface area contributed by atoms with Gasteiger partial charge in [-0.15, -0.1) is 0 Å². The lowest BCUT2D eigenvalue weighted by Crippen LogP contribution is -2.48. The quantitative estimate of drug-likeness (QED) is 0.860. The van der Waals surface area contributed by atoms with Gasteiger partial charge in [-0.3, -0.25) is 0 Å². The summed E-state index contributed by atoms with van der Waals surface area (Å²) in [6.07, 6.45) is 3.19. The topological polar surface area (TPSA) is 41.6 Å². The third-order valence-electron chi connectivity index (χ3n) is 3.92. The number of hydrogen-bond donors (Lipinski definition) is 1. The molecule has 1 aliphatic heterocycles. The number of nitrogens with zero attached hydrogens (tertiary/aromatic N) is 1. The minimum atomic E-state index is -0.410. The second-order valence-corrected chi connectivity index (χ2v) is 7.55. The molecule has 1 saturated heterocycles. The van der Waals surface area contributed by atoms with Crippen LogP contribution >= 0.6 is 0 Å². The SMILES string of the molecule is CCC(C)(C)NCC1CCCN(C(=O)OC(C)(C)C)C1. The van der Waals surface area contributed by atoms with Crippen LogP contribution < -0.4 is 5.32 Å². The van der Waals surface area contributed by atoms with Crippen LogP contribution in [0.25, 0.3) is 0 Å². The number of carbonyl (C=O) groups is 1. The lowest BCUT2D eigenvalue weighted by molar-refractivity contribution is 0.0163. The van der Waals surface area contributed by atoms with Crippen molar-refractivity contribution in [1.29, 1.82) is 0 Å². The number of carbonyl (C=O) groups excluding carboxylic acids is 1. The monoisotopic (exact) mass is 284 g/mol. The van der Waals surface area contributed by atoms with E-state index in [4.69, 9.17) is 4.74 Å². The number of amides is 1. The average molecular weight is 284 g/mol. The first-order valence-corrected chi connectivity index (χ1v) is 7.86. The Morgan fingerprint density at radius 2 is 1.95 bits per heavy atom. The summed E-state index contributed by atoms with van der Waals surface area (Å²) in [7, 11) is 0. The molecule has 0 aliphatic carbocycles. The van der Waals surface area contributed by atoms with Crippen LogP contribution in [-0.4, -0.2) is 41.8 Å². The second kappa shape index (κ2) is 6.79. The first-order chi connectivity index (χ1) is 9.13. The van der Waals surface area contributed by atoms with Gasteiger partial charge in [0.2, 0.25) is 0 Å². The first kappa shape index (κ1) is 17.3. The van der Waals surface area contributed by atoms with E-state index in [0.29, 0.717) is 5.92 Å². The normalized spacial score (nSPS) is 20.9. The van der Waals surface area contributed by atoms with E-state index < -0.39 is 5.60 Å². The minimum Gasteiger partial charge on any atom is -0.444 e. The number of nitrogens with one attached hydrogen (secondary N) is 1. The zero-order chi connectivity index (χ0) is 15.4. The molecule has 0 spiro atoms. The summed E-state index contributed by atoms with van der Waals surface area (Å²) in [5, 5.41) is 3.61. The molecular weight excluding hydrogens is 252 g/mol. The van der Waals surface area contributed by atoms with Gasteiger partial charge in [0.15, 0.2) is 0 Å². The highest BCUT2D eigenvalue weighted by Crippen LogP contribution is 2.20. The van der Waals surface area contributed by atoms with Gasteiger partial charge in [0, 0.05) is 25.2 Å². The van der Waals surface area contributed by atoms with Crippen LogP contribution in [0.3, 0.4) is 0 Å². The molecule has 0 radical (unpaired) electrons. The fourth-order valence-electron chi connectivity index (χ4n) is 2.27. The van der Waals surface area contributed by atoms with Gasteiger partial charge in [-0.2, -0.15) is 0 Å². The lowest BCUT2D eigenvalue weighted by atomic mass is 9.95. The molecular formula is C16H32N2O2. The molecule has 1 aliphatic rings. The molecule has 1 unspecified atom stereocenters. The Hall–Kier alpha value is -0.770. The molecule has 4 heteroatoms. The van der Waals surface area contributed by atoms with E-state index in [2.05, 4.69) is 26.1 Å². The predicted molar refractivity (Wildman–Crippen MR) is 82.9 cm³/mol. The summed E-state index contributed by atoms with van der Waals surface area (Å²) in [5.41, 5.74) is -0.235. The third-order valence-corrected chi connectivity index (χ3v) is 3.92. The van der Waals surface area contributed by atoms with Gasteiger partial charge in [-0.1, -0.05) is 6.92 Å². The summed E-state index contributed by atoms with van der Waals surface area (Å²) < 4.78 is 5.46. The van der Waals surface area contributed by atoms with Crippen LogP contribution in [-0.2, 0) is 4.74 Å². The number of piperidine rings is 1. The molecule has 20 heavy (non-hydrogen) atoms. The van der Waals surface area contributed by atoms with Crippen molar-refractivity contribution in [2.24, 2.45) is 5.92 Å². The van der Waals surface area contributed by atoms with E-state index >= 15 is 0 Å². The Morgan fingerprint density at radius 3 is 2.50 bits per heavy atom. The largest absolute Gasteiger partial charge is 0.444 e. The predicted octanol–water partition coefficient (Wildman–Crippen LogP) is 3.41. The van der Waals surface area contributed by atoms with Crippen molar-refractivity contribution < 1.29 is 9.53 Å². The standard InChI is InChI=1S/C16H32N2O2/c1-7-16(5,6)17-11-13-9-8-10-18(12-13)14(19)20-15(2,3)4/h13,17H,7-12H2,1-6H3. The summed E-state index contributed by atoms with van der Waals surface area (Å²) in [6.45, 7) is 15.0. The molecule has 118 valence electrons. The highest BCUT2D eigenvalue weighted by molar-refractivity contribution is 5.68. The van der Waals surface area contributed by atoms with E-state index in [1.54, 1.807) is 0 Å².